The molecule has 0 amide bonds. The van der Waals surface area contributed by atoms with Crippen LogP contribution in [0.1, 0.15) is 13.3 Å². The van der Waals surface area contributed by atoms with Gasteiger partial charge >= 0.3 is 0 Å². The van der Waals surface area contributed by atoms with E-state index in [4.69, 9.17) is 20.4 Å². The maximum Gasteiger partial charge on any atom is 0.231 e. The molecule has 0 aromatic carbocycles. The Bertz CT molecular complexity index is 317. The van der Waals surface area contributed by atoms with E-state index in [0.717, 1.165) is 35.3 Å². The number of hydrogen-bond donors (Lipinski definition) is 2. The predicted molar refractivity (Wildman–Crippen MR) is 64.7 cm³/mol. The van der Waals surface area contributed by atoms with E-state index in [-0.39, 0.29) is 0 Å². The zero-order valence-electron chi connectivity index (χ0n) is 9.43. The number of isocyanates is 2. The minimum atomic E-state index is 0.750. The molecule has 16 heavy (non-hydrogen) atoms. The lowest BCUT2D eigenvalue weighted by atomic mass is 10.0. The molecule has 0 aromatic heterocycles. The van der Waals surface area contributed by atoms with Gasteiger partial charge in [-0.3, -0.25) is 0 Å². The van der Waals surface area contributed by atoms with Gasteiger partial charge in [0.25, 0.3) is 0 Å². The SMILES string of the molecule is C=CC(=C)C(=C)C(=C)CC.N=C=O.N=C=O. The van der Waals surface area contributed by atoms with E-state index in [1.54, 1.807) is 6.08 Å². The molecule has 0 aliphatic carbocycles. The van der Waals surface area contributed by atoms with Crippen LogP contribution in [0.5, 0.6) is 0 Å². The van der Waals surface area contributed by atoms with Gasteiger partial charge in [0.15, 0.2) is 0 Å². The molecule has 86 valence electrons. The molecule has 0 aromatic rings. The van der Waals surface area contributed by atoms with Crippen molar-refractivity contribution in [2.24, 2.45) is 0 Å². The van der Waals surface area contributed by atoms with Crippen molar-refractivity contribution in [1.29, 1.82) is 10.8 Å². The highest BCUT2D eigenvalue weighted by atomic mass is 16.1. The minimum absolute atomic E-state index is 0.750. The van der Waals surface area contributed by atoms with Gasteiger partial charge in [0, 0.05) is 0 Å². The second-order valence-electron chi connectivity index (χ2n) is 2.37. The van der Waals surface area contributed by atoms with E-state index >= 15 is 0 Å². The summed E-state index contributed by atoms with van der Waals surface area (Å²) in [5, 5.41) is 10.8. The summed E-state index contributed by atoms with van der Waals surface area (Å²) in [6.07, 6.45) is 4.12. The summed E-state index contributed by atoms with van der Waals surface area (Å²) in [4.78, 5) is 16.7. The van der Waals surface area contributed by atoms with Crippen LogP contribution in [0.3, 0.4) is 0 Å². The van der Waals surface area contributed by atoms with Gasteiger partial charge in [-0.1, -0.05) is 39.3 Å². The van der Waals surface area contributed by atoms with Crippen molar-refractivity contribution in [3.8, 4) is 0 Å². The summed E-state index contributed by atoms with van der Waals surface area (Å²) < 4.78 is 0. The molecular formula is C12H16N2O2. The van der Waals surface area contributed by atoms with Crippen LogP contribution in [-0.2, 0) is 9.59 Å². The first-order chi connectivity index (χ1) is 7.46. The first kappa shape index (κ1) is 19.3. The Morgan fingerprint density at radius 1 is 1.19 bits per heavy atom. The second-order valence-corrected chi connectivity index (χ2v) is 2.37. The van der Waals surface area contributed by atoms with E-state index in [2.05, 4.69) is 26.3 Å². The Hall–Kier alpha value is -2.28. The van der Waals surface area contributed by atoms with E-state index in [9.17, 15) is 0 Å². The van der Waals surface area contributed by atoms with Crippen LogP contribution in [0.15, 0.2) is 49.1 Å². The van der Waals surface area contributed by atoms with Gasteiger partial charge in [-0.2, -0.15) is 0 Å². The lowest BCUT2D eigenvalue weighted by Crippen LogP contribution is -1.85. The summed E-state index contributed by atoms with van der Waals surface area (Å²) >= 11 is 0. The first-order valence-electron chi connectivity index (χ1n) is 4.23. The zero-order valence-corrected chi connectivity index (χ0v) is 9.43. The first-order valence-corrected chi connectivity index (χ1v) is 4.23. The molecule has 0 bridgehead atoms. The lowest BCUT2D eigenvalue weighted by Gasteiger charge is -2.05. The van der Waals surface area contributed by atoms with Crippen LogP contribution >= 0.6 is 0 Å². The molecule has 4 heteroatoms. The largest absolute Gasteiger partial charge is 0.231 e. The molecule has 0 radical (unpaired) electrons. The molecule has 4 nitrogen and oxygen atoms in total. The third-order valence-corrected chi connectivity index (χ3v) is 1.49. The van der Waals surface area contributed by atoms with Crippen molar-refractivity contribution >= 4 is 12.2 Å². The van der Waals surface area contributed by atoms with Crippen LogP contribution in [0.4, 0.5) is 0 Å². The molecule has 0 heterocycles. The van der Waals surface area contributed by atoms with Crippen molar-refractivity contribution in [3.05, 3.63) is 49.1 Å². The summed E-state index contributed by atoms with van der Waals surface area (Å²) in [5.74, 6) is 0. The molecule has 0 atom stereocenters. The van der Waals surface area contributed by atoms with Crippen molar-refractivity contribution in [2.45, 2.75) is 13.3 Å². The van der Waals surface area contributed by atoms with Crippen molar-refractivity contribution in [2.75, 3.05) is 0 Å². The Morgan fingerprint density at radius 2 is 1.50 bits per heavy atom. The highest BCUT2D eigenvalue weighted by Crippen LogP contribution is 2.16. The highest BCUT2D eigenvalue weighted by Gasteiger charge is 1.97. The molecule has 0 saturated carbocycles. The van der Waals surface area contributed by atoms with Crippen molar-refractivity contribution < 1.29 is 9.59 Å². The van der Waals surface area contributed by atoms with Crippen LogP contribution in [-0.4, -0.2) is 12.2 Å². The minimum Gasteiger partial charge on any atom is -0.222 e. The lowest BCUT2D eigenvalue weighted by molar-refractivity contribution is 0.562. The van der Waals surface area contributed by atoms with Crippen molar-refractivity contribution in [3.63, 3.8) is 0 Å². The molecule has 0 fully saturated rings. The van der Waals surface area contributed by atoms with Gasteiger partial charge in [0.05, 0.1) is 0 Å². The van der Waals surface area contributed by atoms with E-state index in [1.807, 2.05) is 6.92 Å². The van der Waals surface area contributed by atoms with E-state index < -0.39 is 0 Å². The molecule has 2 N–H and O–H groups in total. The molecule has 0 aliphatic rings. The Balaban J connectivity index is -0.000000235. The summed E-state index contributed by atoms with van der Waals surface area (Å²) in [6.45, 7) is 17.1. The number of nitrogens with one attached hydrogen (secondary N) is 2. The number of allylic oxidation sites excluding steroid dienone is 4. The fraction of sp³-hybridized carbons (Fsp3) is 0.167. The summed E-state index contributed by atoms with van der Waals surface area (Å²) in [6, 6.07) is 0. The standard InChI is InChI=1S/C10H14.2CHNO/c1-6-8(3)10(5)9(4)7-2;2*2-1-3/h6H,1,3-5,7H2,2H3;2*2H. The maximum atomic E-state index is 8.35. The van der Waals surface area contributed by atoms with Gasteiger partial charge < -0.3 is 0 Å². The molecule has 0 unspecified atom stereocenters. The molecular weight excluding hydrogens is 204 g/mol. The third-order valence-electron chi connectivity index (χ3n) is 1.49. The smallest absolute Gasteiger partial charge is 0.222 e. The van der Waals surface area contributed by atoms with Gasteiger partial charge in [0.2, 0.25) is 12.2 Å². The molecule has 0 aliphatic heterocycles. The highest BCUT2D eigenvalue weighted by molar-refractivity contribution is 5.46. The number of carbonyl (C=O) groups excluding carboxylic acids is 2. The van der Waals surface area contributed by atoms with Crippen LogP contribution < -0.4 is 0 Å². The van der Waals surface area contributed by atoms with Crippen LogP contribution in [0.25, 0.3) is 0 Å². The van der Waals surface area contributed by atoms with Gasteiger partial charge in [-0.05, 0) is 23.1 Å². The quantitative estimate of drug-likeness (QED) is 0.433. The van der Waals surface area contributed by atoms with Gasteiger partial charge in [-0.15, -0.1) is 0 Å². The Morgan fingerprint density at radius 3 is 1.69 bits per heavy atom. The Labute approximate surface area is 95.7 Å². The average Bonchev–Trinajstić information content (AvgIpc) is 2.28. The summed E-state index contributed by atoms with van der Waals surface area (Å²) in [7, 11) is 0. The second kappa shape index (κ2) is 15.2. The Kier molecular flexibility index (Phi) is 18.4. The fourth-order valence-corrected chi connectivity index (χ4v) is 0.564. The molecule has 0 rings (SSSR count). The predicted octanol–water partition coefficient (Wildman–Crippen LogP) is 3.05. The average molecular weight is 220 g/mol. The maximum absolute atomic E-state index is 8.35. The van der Waals surface area contributed by atoms with E-state index in [0.29, 0.717) is 0 Å². The van der Waals surface area contributed by atoms with Gasteiger partial charge in [0.1, 0.15) is 0 Å². The summed E-state index contributed by atoms with van der Waals surface area (Å²) in [5.41, 5.74) is 2.81. The van der Waals surface area contributed by atoms with Crippen LogP contribution in [0, 0.1) is 10.8 Å². The number of rotatable bonds is 4. The zero-order chi connectivity index (χ0) is 13.6. The molecule has 0 saturated heterocycles. The van der Waals surface area contributed by atoms with Crippen molar-refractivity contribution in [1.82, 2.24) is 0 Å². The van der Waals surface area contributed by atoms with E-state index in [1.165, 1.54) is 0 Å². The molecule has 0 spiro atoms. The monoisotopic (exact) mass is 220 g/mol. The normalized spacial score (nSPS) is 6.31. The van der Waals surface area contributed by atoms with Gasteiger partial charge in [-0.25, -0.2) is 20.4 Å². The topological polar surface area (TPSA) is 81.8 Å². The number of hydrogen-bond acceptors (Lipinski definition) is 4. The third kappa shape index (κ3) is 14.3. The fourth-order valence-electron chi connectivity index (χ4n) is 0.564. The van der Waals surface area contributed by atoms with Crippen LogP contribution in [0.2, 0.25) is 0 Å².